The molecule has 0 fully saturated rings. The van der Waals surface area contributed by atoms with Crippen LogP contribution in [0.2, 0.25) is 4.34 Å². The van der Waals surface area contributed by atoms with Gasteiger partial charge in [0.1, 0.15) is 0 Å². The van der Waals surface area contributed by atoms with Gasteiger partial charge in [-0.2, -0.15) is 0 Å². The quantitative estimate of drug-likeness (QED) is 0.885. The predicted octanol–water partition coefficient (Wildman–Crippen LogP) is 3.65. The van der Waals surface area contributed by atoms with Gasteiger partial charge in [-0.1, -0.05) is 11.6 Å². The Labute approximate surface area is 122 Å². The van der Waals surface area contributed by atoms with Crippen LogP contribution in [-0.2, 0) is 4.74 Å². The molecule has 0 aliphatic rings. The molecule has 6 heteroatoms. The number of ether oxygens (including phenoxy) is 1. The zero-order valence-electron chi connectivity index (χ0n) is 11.3. The van der Waals surface area contributed by atoms with Crippen LogP contribution in [-0.4, -0.2) is 29.3 Å². The van der Waals surface area contributed by atoms with Crippen molar-refractivity contribution in [3.8, 4) is 0 Å². The molecule has 2 atom stereocenters. The number of hydrogen-bond acceptors (Lipinski definition) is 4. The summed E-state index contributed by atoms with van der Waals surface area (Å²) in [7, 11) is 1.70. The molecule has 19 heavy (non-hydrogen) atoms. The van der Waals surface area contributed by atoms with E-state index in [9.17, 15) is 0 Å². The topological polar surface area (TPSA) is 39.1 Å². The summed E-state index contributed by atoms with van der Waals surface area (Å²) < 4.78 is 8.04. The molecule has 0 aliphatic heterocycles. The monoisotopic (exact) mass is 299 g/mol. The van der Waals surface area contributed by atoms with E-state index >= 15 is 0 Å². The summed E-state index contributed by atoms with van der Waals surface area (Å²) in [4.78, 5) is 5.57. The lowest BCUT2D eigenvalue weighted by Gasteiger charge is -2.18. The molecule has 0 aromatic carbocycles. The first-order valence-corrected chi connectivity index (χ1v) is 7.34. The third-order valence-electron chi connectivity index (χ3n) is 2.88. The molecule has 2 unspecified atom stereocenters. The first-order valence-electron chi connectivity index (χ1n) is 6.15. The minimum absolute atomic E-state index is 0.206. The molecular formula is C13H18ClN3OS. The Morgan fingerprint density at radius 3 is 2.89 bits per heavy atom. The second kappa shape index (κ2) is 6.41. The standard InChI is InChI=1S/C13H18ClN3OS/c1-9(8-18-3)16-13-15-6-7-17(13)10(2)11-4-5-12(14)19-11/h4-7,9-10H,8H2,1-3H3,(H,15,16). The molecule has 2 aromatic heterocycles. The van der Waals surface area contributed by atoms with Crippen LogP contribution in [0.15, 0.2) is 24.5 Å². The van der Waals surface area contributed by atoms with E-state index in [2.05, 4.69) is 34.8 Å². The molecule has 0 amide bonds. The Kier molecular flexibility index (Phi) is 4.85. The lowest BCUT2D eigenvalue weighted by atomic mass is 10.3. The largest absolute Gasteiger partial charge is 0.383 e. The van der Waals surface area contributed by atoms with Gasteiger partial charge in [-0.25, -0.2) is 4.98 Å². The Morgan fingerprint density at radius 1 is 1.47 bits per heavy atom. The van der Waals surface area contributed by atoms with Gasteiger partial charge in [-0.05, 0) is 26.0 Å². The molecule has 4 nitrogen and oxygen atoms in total. The van der Waals surface area contributed by atoms with Gasteiger partial charge in [0.15, 0.2) is 0 Å². The number of rotatable bonds is 6. The van der Waals surface area contributed by atoms with Gasteiger partial charge < -0.3 is 14.6 Å². The van der Waals surface area contributed by atoms with E-state index in [0.717, 1.165) is 10.3 Å². The van der Waals surface area contributed by atoms with Crippen molar-refractivity contribution in [2.75, 3.05) is 19.0 Å². The smallest absolute Gasteiger partial charge is 0.203 e. The molecule has 0 radical (unpaired) electrons. The molecule has 0 aliphatic carbocycles. The van der Waals surface area contributed by atoms with Gasteiger partial charge in [0.2, 0.25) is 5.95 Å². The van der Waals surface area contributed by atoms with Crippen LogP contribution in [0.3, 0.4) is 0 Å². The number of nitrogens with one attached hydrogen (secondary N) is 1. The number of aromatic nitrogens is 2. The highest BCUT2D eigenvalue weighted by atomic mass is 35.5. The number of hydrogen-bond donors (Lipinski definition) is 1. The molecule has 0 saturated heterocycles. The molecule has 2 rings (SSSR count). The predicted molar refractivity (Wildman–Crippen MR) is 80.3 cm³/mol. The second-order valence-electron chi connectivity index (χ2n) is 4.48. The van der Waals surface area contributed by atoms with E-state index in [1.165, 1.54) is 4.88 Å². The van der Waals surface area contributed by atoms with Crippen LogP contribution >= 0.6 is 22.9 Å². The minimum atomic E-state index is 0.206. The van der Waals surface area contributed by atoms with Crippen molar-refractivity contribution in [1.82, 2.24) is 9.55 Å². The summed E-state index contributed by atoms with van der Waals surface area (Å²) >= 11 is 7.59. The van der Waals surface area contributed by atoms with Crippen molar-refractivity contribution in [2.24, 2.45) is 0 Å². The molecule has 2 aromatic rings. The highest BCUT2D eigenvalue weighted by Gasteiger charge is 2.15. The summed E-state index contributed by atoms with van der Waals surface area (Å²) in [6.45, 7) is 4.84. The first kappa shape index (κ1) is 14.4. The van der Waals surface area contributed by atoms with Crippen LogP contribution in [0.1, 0.15) is 24.8 Å². The number of methoxy groups -OCH3 is 1. The number of thiophene rings is 1. The fourth-order valence-corrected chi connectivity index (χ4v) is 3.05. The van der Waals surface area contributed by atoms with Gasteiger partial charge in [-0.15, -0.1) is 11.3 Å². The van der Waals surface area contributed by atoms with Crippen LogP contribution in [0.4, 0.5) is 5.95 Å². The van der Waals surface area contributed by atoms with E-state index in [4.69, 9.17) is 16.3 Å². The Bertz CT molecular complexity index is 525. The van der Waals surface area contributed by atoms with Crippen molar-refractivity contribution in [3.63, 3.8) is 0 Å². The van der Waals surface area contributed by atoms with E-state index in [-0.39, 0.29) is 12.1 Å². The number of nitrogens with zero attached hydrogens (tertiary/aromatic N) is 2. The molecule has 0 spiro atoms. The van der Waals surface area contributed by atoms with Crippen LogP contribution in [0.25, 0.3) is 0 Å². The second-order valence-corrected chi connectivity index (χ2v) is 6.22. The van der Waals surface area contributed by atoms with Crippen molar-refractivity contribution < 1.29 is 4.74 Å². The lowest BCUT2D eigenvalue weighted by molar-refractivity contribution is 0.190. The van der Waals surface area contributed by atoms with Crippen molar-refractivity contribution in [3.05, 3.63) is 33.7 Å². The van der Waals surface area contributed by atoms with E-state index in [0.29, 0.717) is 6.61 Å². The molecule has 0 bridgehead atoms. The first-order chi connectivity index (χ1) is 9.11. The summed E-state index contributed by atoms with van der Waals surface area (Å²) in [6.07, 6.45) is 3.77. The fourth-order valence-electron chi connectivity index (χ4n) is 1.94. The van der Waals surface area contributed by atoms with E-state index < -0.39 is 0 Å². The maximum atomic E-state index is 5.99. The fraction of sp³-hybridized carbons (Fsp3) is 0.462. The lowest BCUT2D eigenvalue weighted by Crippen LogP contribution is -2.23. The Balaban J connectivity index is 2.14. The van der Waals surface area contributed by atoms with Crippen LogP contribution < -0.4 is 5.32 Å². The van der Waals surface area contributed by atoms with E-state index in [1.807, 2.05) is 12.3 Å². The summed E-state index contributed by atoms with van der Waals surface area (Å²) in [6, 6.07) is 4.40. The normalized spacial score (nSPS) is 14.3. The van der Waals surface area contributed by atoms with Gasteiger partial charge in [0.05, 0.1) is 17.0 Å². The molecule has 104 valence electrons. The summed E-state index contributed by atoms with van der Waals surface area (Å²) in [5.74, 6) is 0.849. The van der Waals surface area contributed by atoms with Crippen LogP contribution in [0, 0.1) is 0 Å². The van der Waals surface area contributed by atoms with Gasteiger partial charge in [0.25, 0.3) is 0 Å². The molecule has 2 heterocycles. The highest BCUT2D eigenvalue weighted by molar-refractivity contribution is 7.16. The Hall–Kier alpha value is -1.04. The third-order valence-corrected chi connectivity index (χ3v) is 4.29. The average Bonchev–Trinajstić information content (AvgIpc) is 2.98. The SMILES string of the molecule is COCC(C)Nc1nccn1C(C)c1ccc(Cl)s1. The zero-order chi connectivity index (χ0) is 13.8. The molecular weight excluding hydrogens is 282 g/mol. The van der Waals surface area contributed by atoms with Crippen LogP contribution in [0.5, 0.6) is 0 Å². The summed E-state index contributed by atoms with van der Waals surface area (Å²) in [5, 5.41) is 3.35. The van der Waals surface area contributed by atoms with Gasteiger partial charge in [0, 0.05) is 30.4 Å². The third kappa shape index (κ3) is 3.49. The maximum absolute atomic E-state index is 5.99. The number of halogens is 1. The minimum Gasteiger partial charge on any atom is -0.383 e. The molecule has 1 N–H and O–H groups in total. The van der Waals surface area contributed by atoms with Crippen molar-refractivity contribution >= 4 is 28.9 Å². The van der Waals surface area contributed by atoms with E-state index in [1.54, 1.807) is 24.6 Å². The highest BCUT2D eigenvalue weighted by Crippen LogP contribution is 2.30. The number of imidazole rings is 1. The zero-order valence-corrected chi connectivity index (χ0v) is 12.8. The van der Waals surface area contributed by atoms with Crippen molar-refractivity contribution in [1.29, 1.82) is 0 Å². The Morgan fingerprint density at radius 2 is 2.26 bits per heavy atom. The molecule has 0 saturated carbocycles. The summed E-state index contributed by atoms with van der Waals surface area (Å²) in [5.41, 5.74) is 0. The van der Waals surface area contributed by atoms with Gasteiger partial charge >= 0.3 is 0 Å². The number of anilines is 1. The maximum Gasteiger partial charge on any atom is 0.203 e. The van der Waals surface area contributed by atoms with Crippen molar-refractivity contribution in [2.45, 2.75) is 25.9 Å². The van der Waals surface area contributed by atoms with Gasteiger partial charge in [-0.3, -0.25) is 0 Å². The average molecular weight is 300 g/mol.